The second-order valence-corrected chi connectivity index (χ2v) is 1.76. The van der Waals surface area contributed by atoms with Crippen LogP contribution in [-0.2, 0) is 0 Å². The predicted octanol–water partition coefficient (Wildman–Crippen LogP) is -0.591. The maximum atomic E-state index is 7.93. The van der Waals surface area contributed by atoms with Crippen LogP contribution in [0.4, 0.5) is 0 Å². The molecule has 0 aromatic rings. The summed E-state index contributed by atoms with van der Waals surface area (Å²) in [7, 11) is 0. The quantitative estimate of drug-likeness (QED) is 0.154. The summed E-state index contributed by atoms with van der Waals surface area (Å²) in [4.78, 5) is 0.223. The molecule has 4 nitrogen and oxygen atoms in total. The molecule has 0 radical (unpaired) electrons. The highest BCUT2D eigenvalue weighted by atomic mass is 32.1. The molecule has 0 aromatic carbocycles. The molecule has 0 aromatic heterocycles. The van der Waals surface area contributed by atoms with Gasteiger partial charge in [-0.2, -0.15) is 0 Å². The van der Waals surface area contributed by atoms with Crippen LogP contribution < -0.4 is 11.5 Å². The molecule has 5 N–H and O–H groups in total. The van der Waals surface area contributed by atoms with E-state index in [0.717, 1.165) is 0 Å². The summed E-state index contributed by atoms with van der Waals surface area (Å²) in [5.74, 6) is 0.0394. The Kier molecular flexibility index (Phi) is 2.86. The van der Waals surface area contributed by atoms with Crippen LogP contribution in [0.25, 0.3) is 0 Å². The first kappa shape index (κ1) is 7.16. The Hall–Kier alpha value is -0.840. The summed E-state index contributed by atoms with van der Waals surface area (Å²) in [6, 6.07) is 0. The summed E-state index contributed by atoms with van der Waals surface area (Å²) in [6.07, 6.45) is 0.172. The van der Waals surface area contributed by atoms with E-state index in [1.54, 1.807) is 0 Å². The lowest BCUT2D eigenvalue weighted by Gasteiger charge is -1.91. The highest BCUT2D eigenvalue weighted by molar-refractivity contribution is 7.80. The lowest BCUT2D eigenvalue weighted by Crippen LogP contribution is -2.20. The lowest BCUT2D eigenvalue weighted by atomic mass is 10.4. The van der Waals surface area contributed by atoms with Gasteiger partial charge in [0.05, 0.1) is 11.4 Å². The number of nitrogens with zero attached hydrogens (tertiary/aromatic N) is 1. The standard InChI is InChI=1S/C3H7N3OS/c4-2(6-7)1-3(5)8/h7H,1H2,(H2,4,6)(H2,5,8). The molecule has 46 valence electrons. The third-order valence-corrected chi connectivity index (χ3v) is 0.628. The Morgan fingerprint density at radius 3 is 2.25 bits per heavy atom. The highest BCUT2D eigenvalue weighted by Gasteiger charge is 1.92. The van der Waals surface area contributed by atoms with Crippen LogP contribution in [0, 0.1) is 0 Å². The molecule has 0 aliphatic heterocycles. The SMILES string of the molecule is NC(=S)CC(N)=NO. The van der Waals surface area contributed by atoms with Gasteiger partial charge in [0.15, 0.2) is 0 Å². The van der Waals surface area contributed by atoms with E-state index in [-0.39, 0.29) is 17.2 Å². The minimum absolute atomic E-state index is 0.0394. The summed E-state index contributed by atoms with van der Waals surface area (Å²) < 4.78 is 0. The van der Waals surface area contributed by atoms with Crippen LogP contribution >= 0.6 is 12.2 Å². The number of nitrogens with two attached hydrogens (primary N) is 2. The Bertz CT molecular complexity index is 122. The van der Waals surface area contributed by atoms with Gasteiger partial charge >= 0.3 is 0 Å². The molecule has 0 bridgehead atoms. The van der Waals surface area contributed by atoms with E-state index >= 15 is 0 Å². The van der Waals surface area contributed by atoms with Crippen LogP contribution in [0.1, 0.15) is 6.42 Å². The molecule has 0 rings (SSSR count). The number of hydrogen-bond donors (Lipinski definition) is 3. The second kappa shape index (κ2) is 3.20. The van der Waals surface area contributed by atoms with Crippen LogP contribution in [0.3, 0.4) is 0 Å². The zero-order valence-electron chi connectivity index (χ0n) is 4.16. The second-order valence-electron chi connectivity index (χ2n) is 1.23. The van der Waals surface area contributed by atoms with Crippen molar-refractivity contribution < 1.29 is 5.21 Å². The first-order valence-corrected chi connectivity index (χ1v) is 2.32. The molecular weight excluding hydrogens is 126 g/mol. The third kappa shape index (κ3) is 3.35. The van der Waals surface area contributed by atoms with Crippen LogP contribution in [0.2, 0.25) is 0 Å². The van der Waals surface area contributed by atoms with E-state index in [1.165, 1.54) is 0 Å². The van der Waals surface area contributed by atoms with E-state index in [0.29, 0.717) is 0 Å². The van der Waals surface area contributed by atoms with Crippen molar-refractivity contribution in [1.82, 2.24) is 0 Å². The molecule has 5 heteroatoms. The zero-order valence-corrected chi connectivity index (χ0v) is 4.98. The largest absolute Gasteiger partial charge is 0.409 e. The number of amidine groups is 1. The molecular formula is C3H7N3OS. The normalized spacial score (nSPS) is 11.2. The van der Waals surface area contributed by atoms with Crippen molar-refractivity contribution in [2.45, 2.75) is 6.42 Å². The summed E-state index contributed by atoms with van der Waals surface area (Å²) >= 11 is 4.44. The van der Waals surface area contributed by atoms with Gasteiger partial charge in [0.1, 0.15) is 5.84 Å². The van der Waals surface area contributed by atoms with Gasteiger partial charge in [0.25, 0.3) is 0 Å². The van der Waals surface area contributed by atoms with Gasteiger partial charge in [0, 0.05) is 0 Å². The Balaban J connectivity index is 3.56. The molecule has 0 saturated carbocycles. The van der Waals surface area contributed by atoms with E-state index < -0.39 is 0 Å². The van der Waals surface area contributed by atoms with Gasteiger partial charge in [-0.05, 0) is 0 Å². The van der Waals surface area contributed by atoms with Crippen molar-refractivity contribution in [1.29, 1.82) is 0 Å². The molecule has 0 heterocycles. The molecule has 0 amide bonds. The van der Waals surface area contributed by atoms with Crippen molar-refractivity contribution in [3.63, 3.8) is 0 Å². The molecule has 0 unspecified atom stereocenters. The molecule has 0 spiro atoms. The van der Waals surface area contributed by atoms with Crippen LogP contribution in [0.5, 0.6) is 0 Å². The minimum Gasteiger partial charge on any atom is -0.409 e. The Labute approximate surface area is 52.2 Å². The highest BCUT2D eigenvalue weighted by Crippen LogP contribution is 1.77. The van der Waals surface area contributed by atoms with Crippen molar-refractivity contribution >= 4 is 23.0 Å². The predicted molar refractivity (Wildman–Crippen MR) is 34.8 cm³/mol. The summed E-state index contributed by atoms with van der Waals surface area (Å²) in [5.41, 5.74) is 10.0. The molecule has 0 atom stereocenters. The molecule has 8 heavy (non-hydrogen) atoms. The first-order valence-electron chi connectivity index (χ1n) is 1.91. The third-order valence-electron chi connectivity index (χ3n) is 0.484. The van der Waals surface area contributed by atoms with Gasteiger partial charge in [-0.3, -0.25) is 0 Å². The van der Waals surface area contributed by atoms with E-state index in [2.05, 4.69) is 17.4 Å². The molecule has 0 aliphatic rings. The topological polar surface area (TPSA) is 84.6 Å². The number of rotatable bonds is 2. The van der Waals surface area contributed by atoms with Crippen molar-refractivity contribution in [2.75, 3.05) is 0 Å². The molecule has 0 saturated heterocycles. The van der Waals surface area contributed by atoms with Gasteiger partial charge in [-0.1, -0.05) is 17.4 Å². The Morgan fingerprint density at radius 1 is 1.62 bits per heavy atom. The maximum absolute atomic E-state index is 7.93. The number of hydrogen-bond acceptors (Lipinski definition) is 3. The van der Waals surface area contributed by atoms with E-state index in [9.17, 15) is 0 Å². The summed E-state index contributed by atoms with van der Waals surface area (Å²) in [6.45, 7) is 0. The van der Waals surface area contributed by atoms with Gasteiger partial charge in [-0.25, -0.2) is 0 Å². The van der Waals surface area contributed by atoms with Gasteiger partial charge in [0.2, 0.25) is 0 Å². The van der Waals surface area contributed by atoms with E-state index in [1.807, 2.05) is 0 Å². The monoisotopic (exact) mass is 133 g/mol. The first-order chi connectivity index (χ1) is 3.66. The fraction of sp³-hybridized carbons (Fsp3) is 0.333. The fourth-order valence-electron chi connectivity index (χ4n) is 0.214. The average molecular weight is 133 g/mol. The maximum Gasteiger partial charge on any atom is 0.145 e. The van der Waals surface area contributed by atoms with Gasteiger partial charge < -0.3 is 16.7 Å². The number of thiocarbonyl (C=S) groups is 1. The van der Waals surface area contributed by atoms with Crippen molar-refractivity contribution in [3.05, 3.63) is 0 Å². The average Bonchev–Trinajstić information content (AvgIpc) is 1.65. The number of oxime groups is 1. The van der Waals surface area contributed by atoms with Gasteiger partial charge in [-0.15, -0.1) is 0 Å². The van der Waals surface area contributed by atoms with Crippen molar-refractivity contribution in [3.8, 4) is 0 Å². The fourth-order valence-corrected chi connectivity index (χ4v) is 0.362. The molecule has 0 aliphatic carbocycles. The smallest absolute Gasteiger partial charge is 0.145 e. The van der Waals surface area contributed by atoms with E-state index in [4.69, 9.17) is 16.7 Å². The van der Waals surface area contributed by atoms with Crippen molar-refractivity contribution in [2.24, 2.45) is 16.6 Å². The minimum atomic E-state index is 0.0394. The lowest BCUT2D eigenvalue weighted by molar-refractivity contribution is 0.317. The van der Waals surface area contributed by atoms with Crippen LogP contribution in [0.15, 0.2) is 5.16 Å². The molecule has 0 fully saturated rings. The summed E-state index contributed by atoms with van der Waals surface area (Å²) in [5, 5.41) is 10.6. The van der Waals surface area contributed by atoms with Crippen LogP contribution in [-0.4, -0.2) is 16.0 Å². The Morgan fingerprint density at radius 2 is 2.12 bits per heavy atom. The zero-order chi connectivity index (χ0) is 6.57.